The average molecular weight is 174 g/mol. The van der Waals surface area contributed by atoms with E-state index in [1.807, 2.05) is 0 Å². The number of aliphatic hydroxyl groups is 1. The van der Waals surface area contributed by atoms with Gasteiger partial charge >= 0.3 is 0 Å². The van der Waals surface area contributed by atoms with Crippen LogP contribution < -0.4 is 5.73 Å². The zero-order valence-corrected chi connectivity index (χ0v) is 7.31. The van der Waals surface area contributed by atoms with Crippen LogP contribution in [0, 0.1) is 0 Å². The molecule has 0 unspecified atom stereocenters. The van der Waals surface area contributed by atoms with Gasteiger partial charge in [-0.25, -0.2) is 0 Å². The van der Waals surface area contributed by atoms with Gasteiger partial charge in [0.15, 0.2) is 0 Å². The van der Waals surface area contributed by atoms with Gasteiger partial charge in [-0.15, -0.1) is 0 Å². The van der Waals surface area contributed by atoms with Gasteiger partial charge in [0.05, 0.1) is 11.1 Å². The Morgan fingerprint density at radius 1 is 1.55 bits per heavy atom. The molecule has 3 nitrogen and oxygen atoms in total. The van der Waals surface area contributed by atoms with E-state index in [0.717, 1.165) is 25.9 Å². The number of hydrogen-bond donors (Lipinski definition) is 2. The molecule has 0 bridgehead atoms. The Bertz CT molecular complexity index is 143. The number of thiocarbonyl (C=S) groups is 1. The molecule has 11 heavy (non-hydrogen) atoms. The van der Waals surface area contributed by atoms with Crippen molar-refractivity contribution in [1.29, 1.82) is 0 Å². The molecule has 1 saturated heterocycles. The molecule has 1 rings (SSSR count). The van der Waals surface area contributed by atoms with Crippen molar-refractivity contribution in [3.8, 4) is 0 Å². The maximum atomic E-state index is 9.17. The molecule has 0 aliphatic carbocycles. The summed E-state index contributed by atoms with van der Waals surface area (Å²) in [4.78, 5) is 2.72. The monoisotopic (exact) mass is 174 g/mol. The van der Waals surface area contributed by atoms with E-state index in [-0.39, 0.29) is 6.10 Å². The summed E-state index contributed by atoms with van der Waals surface area (Å²) in [5.74, 6) is 0. The van der Waals surface area contributed by atoms with Gasteiger partial charge in [-0.2, -0.15) is 0 Å². The highest BCUT2D eigenvalue weighted by Crippen LogP contribution is 2.08. The quantitative estimate of drug-likeness (QED) is 0.566. The van der Waals surface area contributed by atoms with Crippen molar-refractivity contribution < 1.29 is 5.11 Å². The normalized spacial score (nSPS) is 21.9. The molecule has 0 amide bonds. The summed E-state index contributed by atoms with van der Waals surface area (Å²) in [5, 5.41) is 9.17. The summed E-state index contributed by atoms with van der Waals surface area (Å²) in [5.41, 5.74) is 5.39. The van der Waals surface area contributed by atoms with Crippen molar-refractivity contribution in [2.75, 3.05) is 19.6 Å². The van der Waals surface area contributed by atoms with Gasteiger partial charge in [-0.1, -0.05) is 12.2 Å². The van der Waals surface area contributed by atoms with E-state index in [0.29, 0.717) is 11.5 Å². The minimum absolute atomic E-state index is 0.113. The lowest BCUT2D eigenvalue weighted by atomic mass is 10.1. The van der Waals surface area contributed by atoms with Gasteiger partial charge in [-0.3, -0.25) is 4.90 Å². The third-order valence-electron chi connectivity index (χ3n) is 1.94. The van der Waals surface area contributed by atoms with E-state index in [2.05, 4.69) is 4.90 Å². The number of hydrogen-bond acceptors (Lipinski definition) is 3. The second-order valence-electron chi connectivity index (χ2n) is 2.97. The summed E-state index contributed by atoms with van der Waals surface area (Å²) in [6, 6.07) is 0. The molecule has 1 fully saturated rings. The molecule has 0 spiro atoms. The van der Waals surface area contributed by atoms with Gasteiger partial charge in [0, 0.05) is 19.6 Å². The SMILES string of the molecule is NC(=S)CN1CCC(O)CC1. The number of nitrogens with zero attached hydrogens (tertiary/aromatic N) is 1. The van der Waals surface area contributed by atoms with Gasteiger partial charge in [0.1, 0.15) is 0 Å². The van der Waals surface area contributed by atoms with Gasteiger partial charge < -0.3 is 10.8 Å². The molecular formula is C7H14N2OS. The molecular weight excluding hydrogens is 160 g/mol. The van der Waals surface area contributed by atoms with Crippen molar-refractivity contribution in [2.24, 2.45) is 5.73 Å². The second-order valence-corrected chi connectivity index (χ2v) is 3.50. The average Bonchev–Trinajstić information content (AvgIpc) is 1.93. The first kappa shape index (κ1) is 8.90. The Hall–Kier alpha value is -0.190. The van der Waals surface area contributed by atoms with Gasteiger partial charge in [-0.05, 0) is 12.8 Å². The van der Waals surface area contributed by atoms with E-state index in [4.69, 9.17) is 18.0 Å². The summed E-state index contributed by atoms with van der Waals surface area (Å²) >= 11 is 4.78. The Morgan fingerprint density at radius 2 is 2.09 bits per heavy atom. The smallest absolute Gasteiger partial charge is 0.0870 e. The maximum absolute atomic E-state index is 9.17. The van der Waals surface area contributed by atoms with Crippen LogP contribution in [0.1, 0.15) is 12.8 Å². The van der Waals surface area contributed by atoms with Crippen LogP contribution in [0.25, 0.3) is 0 Å². The van der Waals surface area contributed by atoms with E-state index >= 15 is 0 Å². The van der Waals surface area contributed by atoms with Crippen LogP contribution in [0.2, 0.25) is 0 Å². The number of piperidine rings is 1. The highest BCUT2D eigenvalue weighted by Gasteiger charge is 2.16. The predicted molar refractivity (Wildman–Crippen MR) is 48.5 cm³/mol. The first-order valence-corrected chi connectivity index (χ1v) is 4.28. The van der Waals surface area contributed by atoms with Gasteiger partial charge in [0.25, 0.3) is 0 Å². The van der Waals surface area contributed by atoms with Gasteiger partial charge in [0.2, 0.25) is 0 Å². The fourth-order valence-corrected chi connectivity index (χ4v) is 1.48. The molecule has 1 aliphatic heterocycles. The minimum atomic E-state index is -0.113. The van der Waals surface area contributed by atoms with Crippen molar-refractivity contribution in [3.05, 3.63) is 0 Å². The van der Waals surface area contributed by atoms with Crippen molar-refractivity contribution >= 4 is 17.2 Å². The molecule has 0 atom stereocenters. The lowest BCUT2D eigenvalue weighted by Gasteiger charge is -2.28. The Labute approximate surface area is 72.2 Å². The molecule has 0 radical (unpaired) electrons. The summed E-state index contributed by atoms with van der Waals surface area (Å²) in [6.07, 6.45) is 1.59. The standard InChI is InChI=1S/C7H14N2OS/c8-7(11)5-9-3-1-6(10)2-4-9/h6,10H,1-5H2,(H2,8,11). The molecule has 3 N–H and O–H groups in total. The molecule has 0 aromatic rings. The first-order chi connectivity index (χ1) is 5.18. The van der Waals surface area contributed by atoms with Crippen molar-refractivity contribution in [1.82, 2.24) is 4.90 Å². The van der Waals surface area contributed by atoms with Crippen LogP contribution in [0.3, 0.4) is 0 Å². The van der Waals surface area contributed by atoms with Crippen molar-refractivity contribution in [2.45, 2.75) is 18.9 Å². The van der Waals surface area contributed by atoms with Crippen LogP contribution in [-0.2, 0) is 0 Å². The number of likely N-dealkylation sites (tertiary alicyclic amines) is 1. The van der Waals surface area contributed by atoms with Crippen LogP contribution in [0.5, 0.6) is 0 Å². The molecule has 0 aromatic carbocycles. The van der Waals surface area contributed by atoms with Crippen LogP contribution in [0.4, 0.5) is 0 Å². The Kier molecular flexibility index (Phi) is 3.23. The number of aliphatic hydroxyl groups excluding tert-OH is 1. The zero-order chi connectivity index (χ0) is 8.27. The van der Waals surface area contributed by atoms with Crippen LogP contribution >= 0.6 is 12.2 Å². The third-order valence-corrected chi connectivity index (χ3v) is 2.07. The third kappa shape index (κ3) is 3.14. The number of nitrogens with two attached hydrogens (primary N) is 1. The Morgan fingerprint density at radius 3 is 2.55 bits per heavy atom. The molecule has 1 aliphatic rings. The first-order valence-electron chi connectivity index (χ1n) is 3.87. The van der Waals surface area contributed by atoms with E-state index < -0.39 is 0 Å². The second kappa shape index (κ2) is 3.99. The van der Waals surface area contributed by atoms with E-state index in [9.17, 15) is 5.11 Å². The Balaban J connectivity index is 2.22. The summed E-state index contributed by atoms with van der Waals surface area (Å²) in [6.45, 7) is 2.53. The molecule has 0 aromatic heterocycles. The van der Waals surface area contributed by atoms with E-state index in [1.165, 1.54) is 0 Å². The fraction of sp³-hybridized carbons (Fsp3) is 0.857. The van der Waals surface area contributed by atoms with Crippen molar-refractivity contribution in [3.63, 3.8) is 0 Å². The summed E-state index contributed by atoms with van der Waals surface area (Å²) in [7, 11) is 0. The highest BCUT2D eigenvalue weighted by atomic mass is 32.1. The predicted octanol–water partition coefficient (Wildman–Crippen LogP) is -0.271. The van der Waals surface area contributed by atoms with Crippen LogP contribution in [0.15, 0.2) is 0 Å². The lowest BCUT2D eigenvalue weighted by molar-refractivity contribution is 0.0898. The van der Waals surface area contributed by atoms with E-state index in [1.54, 1.807) is 0 Å². The molecule has 64 valence electrons. The molecule has 0 saturated carbocycles. The zero-order valence-electron chi connectivity index (χ0n) is 6.49. The maximum Gasteiger partial charge on any atom is 0.0870 e. The molecule has 1 heterocycles. The number of rotatable bonds is 2. The largest absolute Gasteiger partial charge is 0.393 e. The highest BCUT2D eigenvalue weighted by molar-refractivity contribution is 7.80. The lowest BCUT2D eigenvalue weighted by Crippen LogP contribution is -2.40. The van der Waals surface area contributed by atoms with Crippen LogP contribution in [-0.4, -0.2) is 40.7 Å². The summed E-state index contributed by atoms with van der Waals surface area (Å²) < 4.78 is 0. The minimum Gasteiger partial charge on any atom is -0.393 e. The fourth-order valence-electron chi connectivity index (χ4n) is 1.30. The molecule has 4 heteroatoms. The topological polar surface area (TPSA) is 49.5 Å².